The van der Waals surface area contributed by atoms with Crippen molar-refractivity contribution in [2.75, 3.05) is 7.05 Å². The Morgan fingerprint density at radius 2 is 1.90 bits per heavy atom. The van der Waals surface area contributed by atoms with Crippen LogP contribution in [0, 0.1) is 6.92 Å². The SMILES string of the molecule is CNC(Cc1c(Br)c(C)nn1C)C(C)(C)c1ccccc1. The van der Waals surface area contributed by atoms with Gasteiger partial charge in [0.25, 0.3) is 0 Å². The number of hydrogen-bond acceptors (Lipinski definition) is 2. The maximum Gasteiger partial charge on any atom is 0.0738 e. The van der Waals surface area contributed by atoms with Crippen LogP contribution < -0.4 is 5.32 Å². The van der Waals surface area contributed by atoms with Gasteiger partial charge in [-0.05, 0) is 35.5 Å². The molecule has 1 aromatic heterocycles. The summed E-state index contributed by atoms with van der Waals surface area (Å²) in [5.41, 5.74) is 3.66. The lowest BCUT2D eigenvalue weighted by molar-refractivity contribution is 0.350. The van der Waals surface area contributed by atoms with E-state index in [4.69, 9.17) is 0 Å². The molecule has 0 spiro atoms. The number of nitrogens with zero attached hydrogens (tertiary/aromatic N) is 2. The van der Waals surface area contributed by atoms with Crippen LogP contribution in [-0.4, -0.2) is 22.9 Å². The monoisotopic (exact) mass is 349 g/mol. The van der Waals surface area contributed by atoms with Gasteiger partial charge in [-0.15, -0.1) is 0 Å². The average molecular weight is 350 g/mol. The van der Waals surface area contributed by atoms with Crippen LogP contribution in [0.2, 0.25) is 0 Å². The molecule has 0 aliphatic heterocycles. The molecule has 1 atom stereocenters. The van der Waals surface area contributed by atoms with Gasteiger partial charge < -0.3 is 5.32 Å². The van der Waals surface area contributed by atoms with Crippen molar-refractivity contribution in [3.63, 3.8) is 0 Å². The molecule has 0 radical (unpaired) electrons. The van der Waals surface area contributed by atoms with Crippen LogP contribution in [0.5, 0.6) is 0 Å². The van der Waals surface area contributed by atoms with Gasteiger partial charge in [-0.3, -0.25) is 4.68 Å². The van der Waals surface area contributed by atoms with Gasteiger partial charge in [0.2, 0.25) is 0 Å². The fraction of sp³-hybridized carbons (Fsp3) is 0.471. The molecule has 0 saturated heterocycles. The third-order valence-electron chi connectivity index (χ3n) is 4.40. The Morgan fingerprint density at radius 1 is 1.29 bits per heavy atom. The first kappa shape index (κ1) is 16.2. The van der Waals surface area contributed by atoms with E-state index in [1.165, 1.54) is 11.3 Å². The molecule has 0 bridgehead atoms. The molecule has 0 fully saturated rings. The minimum atomic E-state index is 0.0353. The maximum atomic E-state index is 4.49. The summed E-state index contributed by atoms with van der Waals surface area (Å²) in [4.78, 5) is 0. The minimum absolute atomic E-state index is 0.0353. The first-order valence-corrected chi connectivity index (χ1v) is 8.08. The van der Waals surface area contributed by atoms with Gasteiger partial charge in [0.05, 0.1) is 15.9 Å². The number of likely N-dealkylation sites (N-methyl/N-ethyl adjacent to an activating group) is 1. The van der Waals surface area contributed by atoms with E-state index in [1.807, 2.05) is 25.7 Å². The molecule has 0 aliphatic carbocycles. The third kappa shape index (κ3) is 3.22. The Hall–Kier alpha value is -1.13. The van der Waals surface area contributed by atoms with Crippen molar-refractivity contribution in [2.45, 2.75) is 38.6 Å². The molecule has 0 aliphatic rings. The zero-order valence-corrected chi connectivity index (χ0v) is 15.0. The molecule has 2 aromatic rings. The van der Waals surface area contributed by atoms with E-state index >= 15 is 0 Å². The fourth-order valence-electron chi connectivity index (χ4n) is 2.88. The van der Waals surface area contributed by atoms with Gasteiger partial charge >= 0.3 is 0 Å². The predicted molar refractivity (Wildman–Crippen MR) is 91.7 cm³/mol. The van der Waals surface area contributed by atoms with E-state index in [0.717, 1.165) is 16.6 Å². The van der Waals surface area contributed by atoms with Crippen LogP contribution in [-0.2, 0) is 18.9 Å². The highest BCUT2D eigenvalue weighted by atomic mass is 79.9. The zero-order valence-electron chi connectivity index (χ0n) is 13.4. The summed E-state index contributed by atoms with van der Waals surface area (Å²) in [6, 6.07) is 11.0. The minimum Gasteiger partial charge on any atom is -0.316 e. The quantitative estimate of drug-likeness (QED) is 0.893. The van der Waals surface area contributed by atoms with Gasteiger partial charge in [0, 0.05) is 24.9 Å². The molecule has 1 aromatic carbocycles. The lowest BCUT2D eigenvalue weighted by atomic mass is 9.76. The molecule has 0 saturated carbocycles. The second kappa shape index (κ2) is 6.32. The summed E-state index contributed by atoms with van der Waals surface area (Å²) in [6.07, 6.45) is 0.927. The van der Waals surface area contributed by atoms with Crippen LogP contribution in [0.15, 0.2) is 34.8 Å². The van der Waals surface area contributed by atoms with Crippen molar-refractivity contribution >= 4 is 15.9 Å². The molecule has 1 N–H and O–H groups in total. The van der Waals surface area contributed by atoms with E-state index < -0.39 is 0 Å². The zero-order chi connectivity index (χ0) is 15.6. The first-order valence-electron chi connectivity index (χ1n) is 7.28. The van der Waals surface area contributed by atoms with Gasteiger partial charge in [-0.1, -0.05) is 44.2 Å². The average Bonchev–Trinajstić information content (AvgIpc) is 2.71. The van der Waals surface area contributed by atoms with Crippen molar-refractivity contribution in [3.05, 3.63) is 51.8 Å². The summed E-state index contributed by atoms with van der Waals surface area (Å²) < 4.78 is 3.10. The van der Waals surface area contributed by atoms with Gasteiger partial charge in [-0.2, -0.15) is 5.10 Å². The Bertz CT molecular complexity index is 602. The van der Waals surface area contributed by atoms with E-state index in [9.17, 15) is 0 Å². The molecule has 0 amide bonds. The number of hydrogen-bond donors (Lipinski definition) is 1. The van der Waals surface area contributed by atoms with E-state index in [-0.39, 0.29) is 5.41 Å². The van der Waals surface area contributed by atoms with Crippen LogP contribution in [0.25, 0.3) is 0 Å². The molecule has 4 heteroatoms. The number of halogens is 1. The van der Waals surface area contributed by atoms with Crippen LogP contribution in [0.4, 0.5) is 0 Å². The van der Waals surface area contributed by atoms with E-state index in [1.54, 1.807) is 0 Å². The van der Waals surface area contributed by atoms with E-state index in [0.29, 0.717) is 6.04 Å². The highest BCUT2D eigenvalue weighted by Gasteiger charge is 2.31. The molecule has 1 heterocycles. The Kier molecular flexibility index (Phi) is 4.89. The number of aromatic nitrogens is 2. The second-order valence-corrected chi connectivity index (χ2v) is 6.90. The van der Waals surface area contributed by atoms with Crippen LogP contribution in [0.1, 0.15) is 30.8 Å². The third-order valence-corrected chi connectivity index (χ3v) is 5.43. The van der Waals surface area contributed by atoms with E-state index in [2.05, 4.69) is 70.5 Å². The lowest BCUT2D eigenvalue weighted by Gasteiger charge is -2.35. The number of nitrogens with one attached hydrogen (secondary N) is 1. The maximum absolute atomic E-state index is 4.49. The lowest BCUT2D eigenvalue weighted by Crippen LogP contribution is -2.45. The normalized spacial score (nSPS) is 13.4. The molecular weight excluding hydrogens is 326 g/mol. The van der Waals surface area contributed by atoms with Crippen molar-refractivity contribution in [1.29, 1.82) is 0 Å². The number of benzene rings is 1. The Balaban J connectivity index is 2.32. The van der Waals surface area contributed by atoms with Gasteiger partial charge in [-0.25, -0.2) is 0 Å². The number of rotatable bonds is 5. The standard InChI is InChI=1S/C17H24BrN3/c1-12-16(18)14(21(5)20-12)11-15(19-4)17(2,3)13-9-7-6-8-10-13/h6-10,15,19H,11H2,1-5H3. The summed E-state index contributed by atoms with van der Waals surface area (Å²) in [5, 5.41) is 7.99. The largest absolute Gasteiger partial charge is 0.316 e. The van der Waals surface area contributed by atoms with Crippen molar-refractivity contribution in [1.82, 2.24) is 15.1 Å². The first-order chi connectivity index (χ1) is 9.87. The highest BCUT2D eigenvalue weighted by molar-refractivity contribution is 9.10. The van der Waals surface area contributed by atoms with Crippen LogP contribution in [0.3, 0.4) is 0 Å². The summed E-state index contributed by atoms with van der Waals surface area (Å²) in [5.74, 6) is 0. The molecule has 21 heavy (non-hydrogen) atoms. The molecular formula is C17H24BrN3. The summed E-state index contributed by atoms with van der Waals surface area (Å²) >= 11 is 3.67. The summed E-state index contributed by atoms with van der Waals surface area (Å²) in [7, 11) is 4.04. The van der Waals surface area contributed by atoms with Gasteiger partial charge in [0.15, 0.2) is 0 Å². The topological polar surface area (TPSA) is 29.9 Å². The number of aryl methyl sites for hydroxylation is 2. The molecule has 1 unspecified atom stereocenters. The highest BCUT2D eigenvalue weighted by Crippen LogP contribution is 2.31. The smallest absolute Gasteiger partial charge is 0.0738 e. The molecule has 114 valence electrons. The van der Waals surface area contributed by atoms with Crippen molar-refractivity contribution in [2.24, 2.45) is 7.05 Å². The van der Waals surface area contributed by atoms with Crippen molar-refractivity contribution < 1.29 is 0 Å². The Labute approximate surface area is 135 Å². The summed E-state index contributed by atoms with van der Waals surface area (Å²) in [6.45, 7) is 6.62. The molecule has 3 nitrogen and oxygen atoms in total. The van der Waals surface area contributed by atoms with Crippen LogP contribution >= 0.6 is 15.9 Å². The predicted octanol–water partition coefficient (Wildman–Crippen LogP) is 3.60. The second-order valence-electron chi connectivity index (χ2n) is 6.10. The van der Waals surface area contributed by atoms with Gasteiger partial charge in [0.1, 0.15) is 0 Å². The molecule has 2 rings (SSSR count). The Morgan fingerprint density at radius 3 is 2.38 bits per heavy atom. The fourth-order valence-corrected chi connectivity index (χ4v) is 3.38. The van der Waals surface area contributed by atoms with Crippen molar-refractivity contribution in [3.8, 4) is 0 Å².